The standard InChI is InChI=1S/C17H20N4S4/c1-11(2)18-16-19-21(17(22)25-16)10-20-7-5-13-12(6-9-24-13)15(20)14-4-3-8-23-14/h3-4,6,8-9,11,15H,5,7,10H2,1-2H3,(H,18,19). The normalized spacial score (nSPS) is 17.8. The maximum Gasteiger partial charge on any atom is 0.204 e. The van der Waals surface area contributed by atoms with Crippen LogP contribution in [0.15, 0.2) is 29.0 Å². The van der Waals surface area contributed by atoms with Gasteiger partial charge in [-0.1, -0.05) is 17.4 Å². The predicted octanol–water partition coefficient (Wildman–Crippen LogP) is 5.22. The molecule has 1 unspecified atom stereocenters. The zero-order valence-corrected chi connectivity index (χ0v) is 17.4. The summed E-state index contributed by atoms with van der Waals surface area (Å²) in [6.45, 7) is 5.99. The molecule has 132 valence electrons. The minimum absolute atomic E-state index is 0.306. The highest BCUT2D eigenvalue weighted by Gasteiger charge is 2.30. The van der Waals surface area contributed by atoms with Gasteiger partial charge in [0.2, 0.25) is 5.13 Å². The van der Waals surface area contributed by atoms with Crippen LogP contribution in [0, 0.1) is 3.95 Å². The maximum absolute atomic E-state index is 5.55. The van der Waals surface area contributed by atoms with Crippen molar-refractivity contribution in [1.29, 1.82) is 0 Å². The highest BCUT2D eigenvalue weighted by atomic mass is 32.1. The minimum Gasteiger partial charge on any atom is -0.358 e. The van der Waals surface area contributed by atoms with Crippen molar-refractivity contribution in [3.05, 3.63) is 48.2 Å². The smallest absolute Gasteiger partial charge is 0.204 e. The molecule has 0 saturated carbocycles. The van der Waals surface area contributed by atoms with Gasteiger partial charge >= 0.3 is 0 Å². The summed E-state index contributed by atoms with van der Waals surface area (Å²) in [5.74, 6) is 0. The monoisotopic (exact) mass is 408 g/mol. The van der Waals surface area contributed by atoms with Gasteiger partial charge in [0.25, 0.3) is 0 Å². The molecule has 0 aliphatic carbocycles. The second-order valence-electron chi connectivity index (χ2n) is 6.39. The van der Waals surface area contributed by atoms with Crippen molar-refractivity contribution in [3.63, 3.8) is 0 Å². The van der Waals surface area contributed by atoms with Crippen LogP contribution < -0.4 is 5.32 Å². The van der Waals surface area contributed by atoms with Crippen LogP contribution in [0.2, 0.25) is 0 Å². The summed E-state index contributed by atoms with van der Waals surface area (Å²) in [4.78, 5) is 5.40. The highest BCUT2D eigenvalue weighted by Crippen LogP contribution is 2.39. The molecule has 0 fully saturated rings. The number of nitrogens with one attached hydrogen (secondary N) is 1. The Kier molecular flexibility index (Phi) is 5.06. The molecule has 4 heterocycles. The first-order valence-corrected chi connectivity index (χ1v) is 11.3. The topological polar surface area (TPSA) is 33.1 Å². The minimum atomic E-state index is 0.306. The van der Waals surface area contributed by atoms with Crippen LogP contribution in [0.3, 0.4) is 0 Å². The molecule has 1 aliphatic heterocycles. The summed E-state index contributed by atoms with van der Waals surface area (Å²) in [5, 5.41) is 13.3. The van der Waals surface area contributed by atoms with E-state index < -0.39 is 0 Å². The van der Waals surface area contributed by atoms with E-state index in [4.69, 9.17) is 12.2 Å². The highest BCUT2D eigenvalue weighted by molar-refractivity contribution is 7.73. The van der Waals surface area contributed by atoms with Crippen molar-refractivity contribution in [1.82, 2.24) is 14.7 Å². The molecule has 0 bridgehead atoms. The Morgan fingerprint density at radius 2 is 2.20 bits per heavy atom. The van der Waals surface area contributed by atoms with Gasteiger partial charge < -0.3 is 5.32 Å². The third-order valence-electron chi connectivity index (χ3n) is 4.21. The van der Waals surface area contributed by atoms with Gasteiger partial charge in [-0.2, -0.15) is 0 Å². The molecular formula is C17H20N4S4. The lowest BCUT2D eigenvalue weighted by molar-refractivity contribution is 0.159. The second-order valence-corrected chi connectivity index (χ2v) is 10.00. The number of hydrogen-bond donors (Lipinski definition) is 1. The van der Waals surface area contributed by atoms with E-state index >= 15 is 0 Å². The van der Waals surface area contributed by atoms with Crippen molar-refractivity contribution in [3.8, 4) is 0 Å². The number of nitrogens with zero attached hydrogens (tertiary/aromatic N) is 3. The molecule has 0 spiro atoms. The number of hydrogen-bond acceptors (Lipinski definition) is 7. The van der Waals surface area contributed by atoms with Gasteiger partial charge in [-0.25, -0.2) is 4.68 Å². The van der Waals surface area contributed by atoms with E-state index in [-0.39, 0.29) is 0 Å². The fourth-order valence-corrected chi connectivity index (χ4v) is 6.09. The number of aromatic nitrogens is 2. The molecule has 8 heteroatoms. The van der Waals surface area contributed by atoms with E-state index in [1.54, 1.807) is 11.3 Å². The molecule has 0 amide bonds. The SMILES string of the molecule is CC(C)Nc1nn(CN2CCc3sccc3C2c2cccs2)c(=S)s1. The first kappa shape index (κ1) is 17.4. The van der Waals surface area contributed by atoms with Crippen LogP contribution >= 0.6 is 46.2 Å². The Balaban J connectivity index is 1.63. The first-order valence-electron chi connectivity index (χ1n) is 8.30. The molecule has 4 rings (SSSR count). The van der Waals surface area contributed by atoms with Gasteiger partial charge in [0, 0.05) is 22.3 Å². The zero-order chi connectivity index (χ0) is 17.4. The Morgan fingerprint density at radius 1 is 1.32 bits per heavy atom. The van der Waals surface area contributed by atoms with Crippen molar-refractivity contribution >= 4 is 51.4 Å². The first-order chi connectivity index (χ1) is 12.1. The van der Waals surface area contributed by atoms with Gasteiger partial charge in [0.1, 0.15) is 0 Å². The maximum atomic E-state index is 5.55. The summed E-state index contributed by atoms with van der Waals surface area (Å²) in [7, 11) is 0. The van der Waals surface area contributed by atoms with Crippen molar-refractivity contribution in [2.45, 2.75) is 39.0 Å². The van der Waals surface area contributed by atoms with Gasteiger partial charge in [-0.3, -0.25) is 4.90 Å². The Morgan fingerprint density at radius 3 is 2.96 bits per heavy atom. The molecule has 1 N–H and O–H groups in total. The molecule has 0 radical (unpaired) electrons. The third kappa shape index (κ3) is 3.59. The lowest BCUT2D eigenvalue weighted by Gasteiger charge is -2.35. The lowest BCUT2D eigenvalue weighted by atomic mass is 9.99. The molecular weight excluding hydrogens is 388 g/mol. The number of rotatable bonds is 5. The average Bonchev–Trinajstić information content (AvgIpc) is 3.29. The van der Waals surface area contributed by atoms with E-state index in [9.17, 15) is 0 Å². The van der Waals surface area contributed by atoms with E-state index in [0.29, 0.717) is 12.1 Å². The Bertz CT molecular complexity index is 890. The van der Waals surface area contributed by atoms with Crippen LogP contribution in [0.1, 0.15) is 35.2 Å². The van der Waals surface area contributed by atoms with Crippen LogP contribution in [-0.4, -0.2) is 27.3 Å². The van der Waals surface area contributed by atoms with E-state index in [0.717, 1.165) is 28.7 Å². The fraction of sp³-hybridized carbons (Fsp3) is 0.412. The Labute approximate surface area is 164 Å². The van der Waals surface area contributed by atoms with E-state index in [2.05, 4.69) is 58.1 Å². The van der Waals surface area contributed by atoms with Crippen LogP contribution in [0.25, 0.3) is 0 Å². The third-order valence-corrected chi connectivity index (χ3v) is 7.37. The number of anilines is 1. The largest absolute Gasteiger partial charge is 0.358 e. The summed E-state index contributed by atoms with van der Waals surface area (Å²) in [6.07, 6.45) is 1.10. The second kappa shape index (κ2) is 7.28. The van der Waals surface area contributed by atoms with E-state index in [1.165, 1.54) is 15.3 Å². The molecule has 0 aromatic carbocycles. The molecule has 1 atom stereocenters. The summed E-state index contributed by atoms with van der Waals surface area (Å²) in [6, 6.07) is 7.32. The molecule has 3 aromatic heterocycles. The fourth-order valence-electron chi connectivity index (χ4n) is 3.17. The summed E-state index contributed by atoms with van der Waals surface area (Å²) < 4.78 is 2.78. The average molecular weight is 409 g/mol. The van der Waals surface area contributed by atoms with Crippen LogP contribution in [-0.2, 0) is 13.1 Å². The number of fused-ring (bicyclic) bond motifs is 1. The van der Waals surface area contributed by atoms with Gasteiger partial charge in [-0.15, -0.1) is 27.8 Å². The summed E-state index contributed by atoms with van der Waals surface area (Å²) in [5.41, 5.74) is 1.45. The molecule has 25 heavy (non-hydrogen) atoms. The summed E-state index contributed by atoms with van der Waals surface area (Å²) >= 11 is 10.8. The van der Waals surface area contributed by atoms with Crippen LogP contribution in [0.4, 0.5) is 5.13 Å². The van der Waals surface area contributed by atoms with Gasteiger partial charge in [-0.05, 0) is 60.9 Å². The molecule has 4 nitrogen and oxygen atoms in total. The molecule has 3 aromatic rings. The van der Waals surface area contributed by atoms with Gasteiger partial charge in [0.05, 0.1) is 12.7 Å². The van der Waals surface area contributed by atoms with Crippen molar-refractivity contribution in [2.75, 3.05) is 11.9 Å². The molecule has 1 aliphatic rings. The number of thiophene rings is 2. The van der Waals surface area contributed by atoms with Crippen LogP contribution in [0.5, 0.6) is 0 Å². The molecule has 0 saturated heterocycles. The van der Waals surface area contributed by atoms with Crippen molar-refractivity contribution < 1.29 is 0 Å². The Hall–Kier alpha value is -1.06. The van der Waals surface area contributed by atoms with Crippen molar-refractivity contribution in [2.24, 2.45) is 0 Å². The zero-order valence-electron chi connectivity index (χ0n) is 14.1. The van der Waals surface area contributed by atoms with Gasteiger partial charge in [0.15, 0.2) is 3.95 Å². The van der Waals surface area contributed by atoms with E-state index in [1.807, 2.05) is 27.4 Å². The lowest BCUT2D eigenvalue weighted by Crippen LogP contribution is -2.36. The quantitative estimate of drug-likeness (QED) is 0.587. The predicted molar refractivity (Wildman–Crippen MR) is 111 cm³/mol.